The second kappa shape index (κ2) is 6.52. The summed E-state index contributed by atoms with van der Waals surface area (Å²) < 4.78 is 1.01. The molecule has 0 saturated heterocycles. The number of nitrogens with one attached hydrogen (secondary N) is 2. The minimum absolute atomic E-state index is 0.663. The molecule has 0 aliphatic carbocycles. The summed E-state index contributed by atoms with van der Waals surface area (Å²) in [7, 11) is 0. The predicted octanol–water partition coefficient (Wildman–Crippen LogP) is 4.11. The van der Waals surface area contributed by atoms with E-state index in [-0.39, 0.29) is 0 Å². The van der Waals surface area contributed by atoms with Gasteiger partial charge in [0.25, 0.3) is 0 Å². The van der Waals surface area contributed by atoms with Crippen LogP contribution in [-0.4, -0.2) is 16.5 Å². The van der Waals surface area contributed by atoms with Crippen molar-refractivity contribution >= 4 is 33.4 Å². The second-order valence-electron chi connectivity index (χ2n) is 4.25. The smallest absolute Gasteiger partial charge is 0.224 e. The van der Waals surface area contributed by atoms with Crippen LogP contribution >= 0.6 is 15.9 Å². The third-order valence-electron chi connectivity index (χ3n) is 2.52. The van der Waals surface area contributed by atoms with Crippen LogP contribution in [-0.2, 0) is 0 Å². The third-order valence-corrected chi connectivity index (χ3v) is 3.22. The van der Waals surface area contributed by atoms with Gasteiger partial charge in [-0.1, -0.05) is 19.1 Å². The maximum Gasteiger partial charge on any atom is 0.224 e. The zero-order chi connectivity index (χ0) is 13.7. The number of hydrogen-bond acceptors (Lipinski definition) is 4. The Kier molecular flexibility index (Phi) is 4.74. The molecule has 100 valence electrons. The normalized spacial score (nSPS) is 10.3. The Hall–Kier alpha value is -1.62. The zero-order valence-corrected chi connectivity index (χ0v) is 12.7. The lowest BCUT2D eigenvalue weighted by Gasteiger charge is -2.10. The lowest BCUT2D eigenvalue weighted by Crippen LogP contribution is -2.06. The van der Waals surface area contributed by atoms with Crippen LogP contribution in [0.15, 0.2) is 34.8 Å². The molecule has 0 saturated carbocycles. The molecule has 0 radical (unpaired) electrons. The van der Waals surface area contributed by atoms with Crippen molar-refractivity contribution in [1.82, 2.24) is 9.97 Å². The first kappa shape index (κ1) is 13.8. The van der Waals surface area contributed by atoms with Crippen molar-refractivity contribution in [2.75, 3.05) is 17.2 Å². The average Bonchev–Trinajstić information content (AvgIpc) is 2.38. The van der Waals surface area contributed by atoms with Crippen molar-refractivity contribution in [3.05, 3.63) is 40.5 Å². The summed E-state index contributed by atoms with van der Waals surface area (Å²) in [5.74, 6) is 1.45. The first-order valence-corrected chi connectivity index (χ1v) is 7.09. The minimum Gasteiger partial charge on any atom is -0.354 e. The van der Waals surface area contributed by atoms with Crippen LogP contribution in [0.1, 0.15) is 19.0 Å². The Morgan fingerprint density at radius 3 is 2.74 bits per heavy atom. The zero-order valence-electron chi connectivity index (χ0n) is 11.1. The number of halogens is 1. The van der Waals surface area contributed by atoms with E-state index in [9.17, 15) is 0 Å². The number of aromatic nitrogens is 2. The molecule has 2 N–H and O–H groups in total. The number of rotatable bonds is 5. The maximum absolute atomic E-state index is 4.45. The first-order chi connectivity index (χ1) is 9.19. The Morgan fingerprint density at radius 1 is 1.21 bits per heavy atom. The van der Waals surface area contributed by atoms with E-state index in [0.29, 0.717) is 5.95 Å². The van der Waals surface area contributed by atoms with Gasteiger partial charge >= 0.3 is 0 Å². The molecule has 1 aromatic carbocycles. The van der Waals surface area contributed by atoms with Crippen LogP contribution in [0.2, 0.25) is 0 Å². The summed E-state index contributed by atoms with van der Waals surface area (Å²) in [4.78, 5) is 8.81. The summed E-state index contributed by atoms with van der Waals surface area (Å²) >= 11 is 3.51. The van der Waals surface area contributed by atoms with Crippen molar-refractivity contribution in [2.45, 2.75) is 20.3 Å². The van der Waals surface area contributed by atoms with Gasteiger partial charge in [0.1, 0.15) is 5.82 Å². The van der Waals surface area contributed by atoms with Gasteiger partial charge in [0.15, 0.2) is 0 Å². The SMILES string of the molecule is CCCNc1nc(C)cc(Nc2ccccc2Br)n1. The highest BCUT2D eigenvalue weighted by atomic mass is 79.9. The average molecular weight is 321 g/mol. The monoisotopic (exact) mass is 320 g/mol. The molecule has 0 amide bonds. The van der Waals surface area contributed by atoms with E-state index in [4.69, 9.17) is 0 Å². The van der Waals surface area contributed by atoms with Crippen molar-refractivity contribution in [3.63, 3.8) is 0 Å². The number of hydrogen-bond donors (Lipinski definition) is 2. The maximum atomic E-state index is 4.45. The van der Waals surface area contributed by atoms with E-state index in [1.54, 1.807) is 0 Å². The molecule has 4 nitrogen and oxygen atoms in total. The van der Waals surface area contributed by atoms with E-state index in [1.807, 2.05) is 37.3 Å². The van der Waals surface area contributed by atoms with Gasteiger partial charge in [0, 0.05) is 22.8 Å². The highest BCUT2D eigenvalue weighted by Crippen LogP contribution is 2.25. The molecule has 0 aliphatic rings. The van der Waals surface area contributed by atoms with Crippen molar-refractivity contribution < 1.29 is 0 Å². The van der Waals surface area contributed by atoms with Gasteiger partial charge in [-0.2, -0.15) is 4.98 Å². The standard InChI is InChI=1S/C14H17BrN4/c1-3-8-16-14-17-10(2)9-13(19-14)18-12-7-5-4-6-11(12)15/h4-7,9H,3,8H2,1-2H3,(H2,16,17,18,19). The molecule has 0 spiro atoms. The summed E-state index contributed by atoms with van der Waals surface area (Å²) in [6.45, 7) is 4.95. The predicted molar refractivity (Wildman–Crippen MR) is 83.0 cm³/mol. The minimum atomic E-state index is 0.663. The van der Waals surface area contributed by atoms with Gasteiger partial charge in [-0.25, -0.2) is 4.98 Å². The molecule has 0 aliphatic heterocycles. The van der Waals surface area contributed by atoms with Crippen LogP contribution in [0.4, 0.5) is 17.5 Å². The molecule has 0 bridgehead atoms. The van der Waals surface area contributed by atoms with Crippen LogP contribution in [0.25, 0.3) is 0 Å². The fraction of sp³-hybridized carbons (Fsp3) is 0.286. The number of anilines is 3. The van der Waals surface area contributed by atoms with E-state index in [1.165, 1.54) is 0 Å². The van der Waals surface area contributed by atoms with Crippen molar-refractivity contribution in [1.29, 1.82) is 0 Å². The molecule has 2 rings (SSSR count). The molecule has 5 heteroatoms. The van der Waals surface area contributed by atoms with Crippen LogP contribution in [0, 0.1) is 6.92 Å². The highest BCUT2D eigenvalue weighted by molar-refractivity contribution is 9.10. The fourth-order valence-electron chi connectivity index (χ4n) is 1.65. The van der Waals surface area contributed by atoms with E-state index in [0.717, 1.165) is 34.6 Å². The molecule has 0 fully saturated rings. The van der Waals surface area contributed by atoms with E-state index < -0.39 is 0 Å². The summed E-state index contributed by atoms with van der Waals surface area (Å²) in [5, 5.41) is 6.49. The quantitative estimate of drug-likeness (QED) is 0.870. The summed E-state index contributed by atoms with van der Waals surface area (Å²) in [6.07, 6.45) is 1.05. The lowest BCUT2D eigenvalue weighted by atomic mass is 10.3. The Labute approximate surface area is 121 Å². The fourth-order valence-corrected chi connectivity index (χ4v) is 2.03. The lowest BCUT2D eigenvalue weighted by molar-refractivity contribution is 0.947. The van der Waals surface area contributed by atoms with E-state index >= 15 is 0 Å². The Morgan fingerprint density at radius 2 is 2.00 bits per heavy atom. The van der Waals surface area contributed by atoms with Crippen LogP contribution < -0.4 is 10.6 Å². The summed E-state index contributed by atoms with van der Waals surface area (Å²) in [5.41, 5.74) is 1.92. The number of benzene rings is 1. The molecule has 0 unspecified atom stereocenters. The second-order valence-corrected chi connectivity index (χ2v) is 5.10. The Bertz CT molecular complexity index is 557. The van der Waals surface area contributed by atoms with Gasteiger partial charge in [0.2, 0.25) is 5.95 Å². The number of nitrogens with zero attached hydrogens (tertiary/aromatic N) is 2. The number of aryl methyl sites for hydroxylation is 1. The van der Waals surface area contributed by atoms with Gasteiger partial charge in [-0.3, -0.25) is 0 Å². The van der Waals surface area contributed by atoms with Crippen molar-refractivity contribution in [2.24, 2.45) is 0 Å². The van der Waals surface area contributed by atoms with Crippen molar-refractivity contribution in [3.8, 4) is 0 Å². The molecule has 1 aromatic heterocycles. The molecular formula is C14H17BrN4. The van der Waals surface area contributed by atoms with Gasteiger partial charge in [0.05, 0.1) is 5.69 Å². The molecule has 0 atom stereocenters. The number of para-hydroxylation sites is 1. The van der Waals surface area contributed by atoms with Crippen LogP contribution in [0.5, 0.6) is 0 Å². The largest absolute Gasteiger partial charge is 0.354 e. The van der Waals surface area contributed by atoms with E-state index in [2.05, 4.69) is 43.5 Å². The van der Waals surface area contributed by atoms with Crippen LogP contribution in [0.3, 0.4) is 0 Å². The summed E-state index contributed by atoms with van der Waals surface area (Å²) in [6, 6.07) is 9.88. The van der Waals surface area contributed by atoms with Gasteiger partial charge in [-0.15, -0.1) is 0 Å². The highest BCUT2D eigenvalue weighted by Gasteiger charge is 2.04. The molecule has 19 heavy (non-hydrogen) atoms. The molecule has 1 heterocycles. The van der Waals surface area contributed by atoms with Gasteiger partial charge < -0.3 is 10.6 Å². The first-order valence-electron chi connectivity index (χ1n) is 6.30. The topological polar surface area (TPSA) is 49.8 Å². The Balaban J connectivity index is 2.20. The van der Waals surface area contributed by atoms with Gasteiger partial charge in [-0.05, 0) is 41.4 Å². The third kappa shape index (κ3) is 3.92. The molecule has 2 aromatic rings. The molecular weight excluding hydrogens is 304 g/mol.